The van der Waals surface area contributed by atoms with E-state index in [4.69, 9.17) is 5.73 Å². The predicted molar refractivity (Wildman–Crippen MR) is 147 cm³/mol. The molecule has 2 atom stereocenters. The fourth-order valence-electron chi connectivity index (χ4n) is 5.00. The average molecular weight is 509 g/mol. The largest absolute Gasteiger partial charge is 0.365 e. The van der Waals surface area contributed by atoms with Crippen LogP contribution in [0, 0.1) is 0 Å². The van der Waals surface area contributed by atoms with Crippen molar-refractivity contribution in [2.75, 3.05) is 64.1 Å². The van der Waals surface area contributed by atoms with E-state index in [1.54, 1.807) is 25.2 Å². The molecule has 4 N–H and O–H groups in total. The number of primary amides is 1. The Balaban J connectivity index is 1.48. The maximum Gasteiger partial charge on any atom is 0.317 e. The summed E-state index contributed by atoms with van der Waals surface area (Å²) in [4.78, 5) is 37.4. The lowest BCUT2D eigenvalue weighted by Gasteiger charge is -2.41. The van der Waals surface area contributed by atoms with Crippen molar-refractivity contribution in [1.29, 1.82) is 0 Å². The number of anilines is 3. The van der Waals surface area contributed by atoms with Gasteiger partial charge < -0.3 is 31.1 Å². The maximum atomic E-state index is 12.2. The molecule has 10 heteroatoms. The lowest BCUT2D eigenvalue weighted by molar-refractivity contribution is 0.0996. The number of nitrogens with zero attached hydrogens (tertiary/aromatic N) is 5. The summed E-state index contributed by atoms with van der Waals surface area (Å²) in [6.45, 7) is 8.21. The number of likely N-dealkylation sites (N-methyl/N-ethyl adjacent to an activating group) is 1. The van der Waals surface area contributed by atoms with Gasteiger partial charge in [0.1, 0.15) is 0 Å². The summed E-state index contributed by atoms with van der Waals surface area (Å²) in [5.41, 5.74) is 9.43. The van der Waals surface area contributed by atoms with E-state index in [-0.39, 0.29) is 23.8 Å². The Hall–Kier alpha value is -3.37. The Kier molecular flexibility index (Phi) is 8.50. The molecule has 0 unspecified atom stereocenters. The first-order valence-electron chi connectivity index (χ1n) is 13.0. The standard InChI is InChI=1S/C27H40N8O2/c1-19-23(31-27(37)32(2)3)6-5-11-35(19)22-16-24(25(26(28)36)29-17-22)30-21-9-7-20(8-10-21)18-34-14-12-33(4)13-15-34/h7-10,16-17,19,23,30H,5-6,11-15,18H2,1-4H3,(H2,28,36)(H,31,37)/t19-,23-/m1/s1. The van der Waals surface area contributed by atoms with E-state index in [2.05, 4.69) is 56.4 Å². The van der Waals surface area contributed by atoms with E-state index in [9.17, 15) is 9.59 Å². The molecule has 2 saturated heterocycles. The Morgan fingerprint density at radius 3 is 2.46 bits per heavy atom. The monoisotopic (exact) mass is 508 g/mol. The van der Waals surface area contributed by atoms with Crippen LogP contribution in [0.25, 0.3) is 0 Å². The van der Waals surface area contributed by atoms with Crippen LogP contribution < -0.4 is 21.3 Å². The molecule has 37 heavy (non-hydrogen) atoms. The number of nitrogens with two attached hydrogens (primary N) is 1. The average Bonchev–Trinajstić information content (AvgIpc) is 2.87. The fourth-order valence-corrected chi connectivity index (χ4v) is 5.00. The van der Waals surface area contributed by atoms with Crippen molar-refractivity contribution in [2.45, 2.75) is 38.4 Å². The summed E-state index contributed by atoms with van der Waals surface area (Å²) in [7, 11) is 5.64. The number of hydrogen-bond acceptors (Lipinski definition) is 7. The zero-order chi connectivity index (χ0) is 26.5. The first kappa shape index (κ1) is 26.7. The highest BCUT2D eigenvalue weighted by Crippen LogP contribution is 2.30. The Morgan fingerprint density at radius 1 is 1.11 bits per heavy atom. The van der Waals surface area contributed by atoms with Gasteiger partial charge in [-0.2, -0.15) is 0 Å². The molecular formula is C27H40N8O2. The summed E-state index contributed by atoms with van der Waals surface area (Å²) in [5.74, 6) is -0.580. The minimum atomic E-state index is -0.580. The van der Waals surface area contributed by atoms with Crippen molar-refractivity contribution in [2.24, 2.45) is 5.73 Å². The molecule has 2 aliphatic rings. The van der Waals surface area contributed by atoms with Crippen molar-refractivity contribution in [3.05, 3.63) is 47.8 Å². The lowest BCUT2D eigenvalue weighted by atomic mass is 9.97. The fraction of sp³-hybridized carbons (Fsp3) is 0.519. The number of piperidine rings is 1. The van der Waals surface area contributed by atoms with Crippen LogP contribution in [0.15, 0.2) is 36.5 Å². The molecule has 4 rings (SSSR count). The molecule has 2 fully saturated rings. The number of nitrogens with one attached hydrogen (secondary N) is 2. The van der Waals surface area contributed by atoms with Crippen LogP contribution in [-0.4, -0.2) is 97.6 Å². The number of pyridine rings is 1. The maximum absolute atomic E-state index is 12.2. The van der Waals surface area contributed by atoms with Gasteiger partial charge in [-0.3, -0.25) is 9.69 Å². The third-order valence-corrected chi connectivity index (χ3v) is 7.38. The molecule has 1 aromatic heterocycles. The lowest BCUT2D eigenvalue weighted by Crippen LogP contribution is -2.55. The molecule has 10 nitrogen and oxygen atoms in total. The van der Waals surface area contributed by atoms with E-state index in [0.29, 0.717) is 5.69 Å². The molecule has 0 radical (unpaired) electrons. The topological polar surface area (TPSA) is 110 Å². The van der Waals surface area contributed by atoms with Crippen LogP contribution in [0.4, 0.5) is 21.9 Å². The smallest absolute Gasteiger partial charge is 0.317 e. The molecule has 0 bridgehead atoms. The number of piperazine rings is 1. The van der Waals surface area contributed by atoms with Gasteiger partial charge in [0.05, 0.1) is 23.6 Å². The predicted octanol–water partition coefficient (Wildman–Crippen LogP) is 2.30. The number of carbonyl (C=O) groups is 2. The third-order valence-electron chi connectivity index (χ3n) is 7.38. The number of aromatic nitrogens is 1. The van der Waals surface area contributed by atoms with E-state index in [1.165, 1.54) is 5.56 Å². The summed E-state index contributed by atoms with van der Waals surface area (Å²) in [6.07, 6.45) is 3.55. The second-order valence-electron chi connectivity index (χ2n) is 10.4. The summed E-state index contributed by atoms with van der Waals surface area (Å²) < 4.78 is 0. The molecule has 200 valence electrons. The van der Waals surface area contributed by atoms with Gasteiger partial charge in [0.15, 0.2) is 5.69 Å². The van der Waals surface area contributed by atoms with Crippen LogP contribution in [0.1, 0.15) is 35.8 Å². The first-order valence-corrected chi connectivity index (χ1v) is 13.0. The number of rotatable bonds is 7. The van der Waals surface area contributed by atoms with Gasteiger partial charge in [-0.25, -0.2) is 9.78 Å². The highest BCUT2D eigenvalue weighted by molar-refractivity contribution is 5.97. The van der Waals surface area contributed by atoms with Crippen LogP contribution in [0.5, 0.6) is 0 Å². The quantitative estimate of drug-likeness (QED) is 0.526. The SMILES string of the molecule is C[C@@H]1[C@H](NC(=O)N(C)C)CCCN1c1cnc(C(N)=O)c(Nc2ccc(CN3CCN(C)CC3)cc2)c1. The van der Waals surface area contributed by atoms with Gasteiger partial charge in [0, 0.05) is 65.1 Å². The van der Waals surface area contributed by atoms with Gasteiger partial charge in [-0.05, 0) is 50.6 Å². The highest BCUT2D eigenvalue weighted by atomic mass is 16.2. The zero-order valence-electron chi connectivity index (χ0n) is 22.4. The van der Waals surface area contributed by atoms with Crippen molar-refractivity contribution in [1.82, 2.24) is 25.0 Å². The van der Waals surface area contributed by atoms with Crippen LogP contribution in [0.3, 0.4) is 0 Å². The number of urea groups is 1. The van der Waals surface area contributed by atoms with E-state index >= 15 is 0 Å². The minimum absolute atomic E-state index is 0.0173. The Labute approximate surface area is 219 Å². The zero-order valence-corrected chi connectivity index (χ0v) is 22.4. The van der Waals surface area contributed by atoms with Gasteiger partial charge >= 0.3 is 6.03 Å². The van der Waals surface area contributed by atoms with Crippen molar-refractivity contribution in [3.8, 4) is 0 Å². The van der Waals surface area contributed by atoms with Crippen LogP contribution in [-0.2, 0) is 6.54 Å². The van der Waals surface area contributed by atoms with Crippen molar-refractivity contribution < 1.29 is 9.59 Å². The second kappa shape index (κ2) is 11.8. The molecule has 2 aliphatic heterocycles. The van der Waals surface area contributed by atoms with Gasteiger partial charge in [0.25, 0.3) is 5.91 Å². The Morgan fingerprint density at radius 2 is 1.81 bits per heavy atom. The molecule has 3 amide bonds. The number of carbonyl (C=O) groups excluding carboxylic acids is 2. The number of amides is 3. The molecular weight excluding hydrogens is 468 g/mol. The van der Waals surface area contributed by atoms with Crippen molar-refractivity contribution in [3.63, 3.8) is 0 Å². The Bertz CT molecular complexity index is 1080. The molecule has 3 heterocycles. The minimum Gasteiger partial charge on any atom is -0.365 e. The van der Waals surface area contributed by atoms with Gasteiger partial charge in [-0.1, -0.05) is 12.1 Å². The van der Waals surface area contributed by atoms with E-state index < -0.39 is 5.91 Å². The third kappa shape index (κ3) is 6.69. The molecule has 0 spiro atoms. The highest BCUT2D eigenvalue weighted by Gasteiger charge is 2.30. The summed E-state index contributed by atoms with van der Waals surface area (Å²) >= 11 is 0. The van der Waals surface area contributed by atoms with E-state index in [1.807, 2.05) is 18.2 Å². The van der Waals surface area contributed by atoms with E-state index in [0.717, 1.165) is 63.5 Å². The number of benzene rings is 1. The second-order valence-corrected chi connectivity index (χ2v) is 10.4. The number of hydrogen-bond donors (Lipinski definition) is 3. The summed E-state index contributed by atoms with van der Waals surface area (Å²) in [6, 6.07) is 10.2. The molecule has 1 aromatic carbocycles. The molecule has 2 aromatic rings. The van der Waals surface area contributed by atoms with Gasteiger partial charge in [-0.15, -0.1) is 0 Å². The molecule has 0 saturated carbocycles. The van der Waals surface area contributed by atoms with Crippen molar-refractivity contribution >= 4 is 29.0 Å². The first-order chi connectivity index (χ1) is 17.7. The van der Waals surface area contributed by atoms with Crippen LogP contribution >= 0.6 is 0 Å². The normalized spacial score (nSPS) is 20.9. The molecule has 0 aliphatic carbocycles. The van der Waals surface area contributed by atoms with Gasteiger partial charge in [0.2, 0.25) is 0 Å². The van der Waals surface area contributed by atoms with Crippen LogP contribution in [0.2, 0.25) is 0 Å². The summed E-state index contributed by atoms with van der Waals surface area (Å²) in [5, 5.41) is 6.47.